The average molecular weight is 1520 g/mol. The first-order valence-electron chi connectivity index (χ1n) is 39.9. The summed E-state index contributed by atoms with van der Waals surface area (Å²) < 4.78 is 35.1. The van der Waals surface area contributed by atoms with E-state index in [0.29, 0.717) is 41.4 Å². The molecule has 0 aliphatic rings. The quantitative estimate of drug-likeness (QED) is 0.0958. The minimum Gasteiger partial charge on any atom is -0.308 e. The van der Waals surface area contributed by atoms with Crippen LogP contribution in [0.1, 0.15) is 38.9 Å². The number of aromatic nitrogens is 8. The second kappa shape index (κ2) is 30.1. The molecule has 4 aromatic heterocycles. The van der Waals surface area contributed by atoms with E-state index >= 15 is 4.39 Å². The van der Waals surface area contributed by atoms with E-state index in [1.54, 1.807) is 12.1 Å². The molecule has 0 unspecified atom stereocenters. The maximum Gasteiger partial charge on any atom is 0.166 e. The Kier molecular flexibility index (Phi) is 18.4. The molecule has 0 aliphatic carbocycles. The molecule has 0 saturated carbocycles. The Bertz CT molecular complexity index is 7070. The third-order valence-corrected chi connectivity index (χ3v) is 22.9. The van der Waals surface area contributed by atoms with Gasteiger partial charge in [0.05, 0.1) is 33.4 Å². The zero-order chi connectivity index (χ0) is 79.6. The van der Waals surface area contributed by atoms with Crippen molar-refractivity contribution in [2.24, 2.45) is 0 Å². The van der Waals surface area contributed by atoms with E-state index in [9.17, 15) is 4.39 Å². The zero-order valence-electron chi connectivity index (χ0n) is 65.6. The van der Waals surface area contributed by atoms with Gasteiger partial charge in [-0.15, -0.1) is 0 Å². The Balaban J connectivity index is 0.776. The molecule has 10 heteroatoms. The van der Waals surface area contributed by atoms with Crippen LogP contribution < -0.4 is 0 Å². The SMILES string of the molecule is Cc1ccc(-c2ccc3c(c2)c2cc(-c4ccc(C)cc4)ccc2n3-c2cc(-c3ccc(F)cc3)c(Cc3ccc(-c4ccc5c(c4)c4cc(-c6ccc(C)cc6C)ccc4n5-c4cc(-c5ccc(F)cc5)ccc4-c4nc(-c5ccccc5)nc(-c5ccccc5)n4)c(C)c3)cc2-c2nc(-c3ccccc3)nc(-c3ccccc3)n2)cc1. The van der Waals surface area contributed by atoms with Gasteiger partial charge in [0.2, 0.25) is 0 Å². The smallest absolute Gasteiger partial charge is 0.166 e. The van der Waals surface area contributed by atoms with Gasteiger partial charge in [0.1, 0.15) is 11.6 Å². The van der Waals surface area contributed by atoms with Gasteiger partial charge in [-0.25, -0.2) is 38.7 Å². The highest BCUT2D eigenvalue weighted by molar-refractivity contribution is 6.14. The van der Waals surface area contributed by atoms with Crippen LogP contribution in [-0.4, -0.2) is 39.0 Å². The van der Waals surface area contributed by atoms with Crippen LogP contribution in [0.5, 0.6) is 0 Å². The summed E-state index contributed by atoms with van der Waals surface area (Å²) in [4.78, 5) is 32.0. The van der Waals surface area contributed by atoms with Gasteiger partial charge in [-0.3, -0.25) is 0 Å². The van der Waals surface area contributed by atoms with Gasteiger partial charge in [-0.1, -0.05) is 278 Å². The Morgan fingerprint density at radius 2 is 0.542 bits per heavy atom. The first kappa shape index (κ1) is 72.0. The number of halogens is 2. The van der Waals surface area contributed by atoms with Crippen molar-refractivity contribution < 1.29 is 8.78 Å². The number of aryl methyl sites for hydroxylation is 5. The maximum atomic E-state index is 15.5. The van der Waals surface area contributed by atoms with Crippen molar-refractivity contribution in [3.63, 3.8) is 0 Å². The molecule has 0 N–H and O–H groups in total. The van der Waals surface area contributed by atoms with Crippen LogP contribution in [0.3, 0.4) is 0 Å². The fourth-order valence-electron chi connectivity index (χ4n) is 16.9. The van der Waals surface area contributed by atoms with Crippen molar-refractivity contribution in [1.29, 1.82) is 0 Å². The molecular formula is C108H76F2N8. The summed E-state index contributed by atoms with van der Waals surface area (Å²) in [5, 5.41) is 4.28. The Morgan fingerprint density at radius 1 is 0.220 bits per heavy atom. The number of rotatable bonds is 16. The lowest BCUT2D eigenvalue weighted by molar-refractivity contribution is 0.627. The van der Waals surface area contributed by atoms with E-state index in [-0.39, 0.29) is 11.6 Å². The number of fused-ring (bicyclic) bond motifs is 6. The monoisotopic (exact) mass is 1520 g/mol. The fraction of sp³-hybridized carbons (Fsp3) is 0.0556. The van der Waals surface area contributed by atoms with Crippen molar-refractivity contribution in [2.45, 2.75) is 41.0 Å². The van der Waals surface area contributed by atoms with E-state index in [2.05, 4.69) is 232 Å². The lowest BCUT2D eigenvalue weighted by Crippen LogP contribution is -2.06. The number of nitrogens with zero attached hydrogens (tertiary/aromatic N) is 8. The van der Waals surface area contributed by atoms with Gasteiger partial charge in [0, 0.05) is 54.9 Å². The molecule has 16 aromatic carbocycles. The molecule has 0 amide bonds. The van der Waals surface area contributed by atoms with Crippen molar-refractivity contribution in [1.82, 2.24) is 39.0 Å². The minimum absolute atomic E-state index is 0.309. The Labute approximate surface area is 683 Å². The number of hydrogen-bond donors (Lipinski definition) is 0. The predicted molar refractivity (Wildman–Crippen MR) is 480 cm³/mol. The molecule has 0 saturated heterocycles. The molecule has 0 radical (unpaired) electrons. The van der Waals surface area contributed by atoms with Crippen LogP contribution in [0.4, 0.5) is 8.78 Å². The van der Waals surface area contributed by atoms with E-state index in [1.165, 1.54) is 34.4 Å². The molecule has 118 heavy (non-hydrogen) atoms. The summed E-state index contributed by atoms with van der Waals surface area (Å²) in [6.07, 6.45) is 0.490. The molecule has 4 heterocycles. The lowest BCUT2D eigenvalue weighted by atomic mass is 9.90. The molecule has 0 atom stereocenters. The second-order valence-electron chi connectivity index (χ2n) is 30.8. The van der Waals surface area contributed by atoms with E-state index in [4.69, 9.17) is 29.9 Å². The predicted octanol–water partition coefficient (Wildman–Crippen LogP) is 27.7. The average Bonchev–Trinajstić information content (AvgIpc) is 1.56. The molecule has 562 valence electrons. The highest BCUT2D eigenvalue weighted by Crippen LogP contribution is 2.46. The number of benzene rings is 16. The summed E-state index contributed by atoms with van der Waals surface area (Å²) in [5.74, 6) is 2.55. The van der Waals surface area contributed by atoms with E-state index in [0.717, 1.165) is 172 Å². The Morgan fingerprint density at radius 3 is 0.966 bits per heavy atom. The summed E-state index contributed by atoms with van der Waals surface area (Å²) in [7, 11) is 0. The molecule has 0 aliphatic heterocycles. The second-order valence-corrected chi connectivity index (χ2v) is 30.8. The molecule has 0 fully saturated rings. The van der Waals surface area contributed by atoms with Gasteiger partial charge < -0.3 is 9.13 Å². The first-order valence-corrected chi connectivity index (χ1v) is 39.9. The van der Waals surface area contributed by atoms with Gasteiger partial charge in [0.15, 0.2) is 34.9 Å². The van der Waals surface area contributed by atoms with Gasteiger partial charge >= 0.3 is 0 Å². The molecule has 8 nitrogen and oxygen atoms in total. The standard InChI is InChI=1S/C108H76F2N8/c1-66-26-32-72(33-27-66)80-41-52-97-92(59-80)93-60-81(73-34-28-67(2)29-35-73)42-53-98(93)118(97)102-65-91(75-38-47-87(110)48-39-75)85(63-96(102)108-115-105(78-22-14-8-15-23-78)112-106(116-108)79-24-16-9-17-25-79)58-71-31-50-89(70(5)57-71)84-44-55-100-95(62-84)94-61-83(88-49-30-68(3)56-69(88)4)43-54-99(94)117(100)101-64-82(74-36-45-86(109)46-37-74)40-51-90(101)107-113-103(76-18-10-6-11-19-76)111-104(114-107)77-20-12-7-13-21-77/h6-57,59-65H,58H2,1-5H3. The van der Waals surface area contributed by atoms with Crippen LogP contribution >= 0.6 is 0 Å². The van der Waals surface area contributed by atoms with Crippen LogP contribution in [0.2, 0.25) is 0 Å². The highest BCUT2D eigenvalue weighted by atomic mass is 19.1. The van der Waals surface area contributed by atoms with Crippen LogP contribution in [0, 0.1) is 46.3 Å². The van der Waals surface area contributed by atoms with E-state index in [1.807, 2.05) is 146 Å². The highest BCUT2D eigenvalue weighted by Gasteiger charge is 2.27. The topological polar surface area (TPSA) is 87.2 Å². The molecule has 0 spiro atoms. The zero-order valence-corrected chi connectivity index (χ0v) is 65.6. The van der Waals surface area contributed by atoms with Crippen molar-refractivity contribution in [3.05, 3.63) is 408 Å². The van der Waals surface area contributed by atoms with Gasteiger partial charge in [0.25, 0.3) is 0 Å². The molecule has 20 rings (SSSR count). The molecular weight excluding hydrogens is 1450 g/mol. The lowest BCUT2D eigenvalue weighted by Gasteiger charge is -2.20. The van der Waals surface area contributed by atoms with Crippen molar-refractivity contribution in [2.75, 3.05) is 0 Å². The van der Waals surface area contributed by atoms with Crippen molar-refractivity contribution >= 4 is 43.6 Å². The summed E-state index contributed by atoms with van der Waals surface area (Å²) in [5.41, 5.74) is 31.0. The minimum atomic E-state index is -0.322. The number of hydrogen-bond acceptors (Lipinski definition) is 6. The Hall–Kier alpha value is -15.0. The molecule has 0 bridgehead atoms. The largest absolute Gasteiger partial charge is 0.308 e. The third kappa shape index (κ3) is 13.7. The maximum absolute atomic E-state index is 15.5. The van der Waals surface area contributed by atoms with Crippen molar-refractivity contribution in [3.8, 4) is 146 Å². The normalized spacial score (nSPS) is 11.6. The molecule has 20 aromatic rings. The summed E-state index contributed by atoms with van der Waals surface area (Å²) in [6, 6.07) is 123. The first-order chi connectivity index (χ1) is 57.8. The van der Waals surface area contributed by atoms with Gasteiger partial charge in [-0.05, 0) is 227 Å². The van der Waals surface area contributed by atoms with Gasteiger partial charge in [-0.2, -0.15) is 0 Å². The van der Waals surface area contributed by atoms with Crippen LogP contribution in [-0.2, 0) is 6.42 Å². The summed E-state index contributed by atoms with van der Waals surface area (Å²) >= 11 is 0. The third-order valence-electron chi connectivity index (χ3n) is 22.9. The van der Waals surface area contributed by atoms with E-state index < -0.39 is 0 Å². The van der Waals surface area contributed by atoms with Crippen LogP contribution in [0.25, 0.3) is 190 Å². The summed E-state index contributed by atoms with van der Waals surface area (Å²) in [6.45, 7) is 10.8. The van der Waals surface area contributed by atoms with Crippen LogP contribution in [0.15, 0.2) is 358 Å². The fourth-order valence-corrected chi connectivity index (χ4v) is 16.9.